The highest BCUT2D eigenvalue weighted by Crippen LogP contribution is 2.15. The van der Waals surface area contributed by atoms with Crippen molar-refractivity contribution in [3.8, 4) is 0 Å². The van der Waals surface area contributed by atoms with Gasteiger partial charge >= 0.3 is 0 Å². The van der Waals surface area contributed by atoms with Crippen molar-refractivity contribution in [2.75, 3.05) is 0 Å². The Balaban J connectivity index is 1.89. The molecule has 2 heterocycles. The molecule has 0 fully saturated rings. The van der Waals surface area contributed by atoms with Gasteiger partial charge in [0.1, 0.15) is 0 Å². The lowest BCUT2D eigenvalue weighted by molar-refractivity contribution is 0.575. The molecule has 0 aliphatic rings. The van der Waals surface area contributed by atoms with E-state index in [1.807, 2.05) is 12.3 Å². The van der Waals surface area contributed by atoms with Crippen molar-refractivity contribution in [2.45, 2.75) is 19.5 Å². The largest absolute Gasteiger partial charge is 0.306 e. The van der Waals surface area contributed by atoms with E-state index in [0.29, 0.717) is 6.04 Å². The van der Waals surface area contributed by atoms with Gasteiger partial charge in [-0.3, -0.25) is 4.98 Å². The first kappa shape index (κ1) is 10.3. The van der Waals surface area contributed by atoms with E-state index >= 15 is 0 Å². The summed E-state index contributed by atoms with van der Waals surface area (Å²) in [5.41, 5.74) is 2.57. The molecule has 0 aliphatic heterocycles. The van der Waals surface area contributed by atoms with Crippen LogP contribution in [0.3, 0.4) is 0 Å². The quantitative estimate of drug-likeness (QED) is 0.853. The molecule has 0 aromatic carbocycles. The van der Waals surface area contributed by atoms with E-state index in [1.165, 1.54) is 11.1 Å². The van der Waals surface area contributed by atoms with Gasteiger partial charge in [-0.2, -0.15) is 11.3 Å². The summed E-state index contributed by atoms with van der Waals surface area (Å²) in [7, 11) is 0. The zero-order valence-corrected chi connectivity index (χ0v) is 9.50. The molecule has 0 saturated heterocycles. The van der Waals surface area contributed by atoms with Crippen molar-refractivity contribution < 1.29 is 0 Å². The number of nitrogens with zero attached hydrogens (tertiary/aromatic N) is 1. The lowest BCUT2D eigenvalue weighted by Gasteiger charge is -2.11. The van der Waals surface area contributed by atoms with Gasteiger partial charge in [-0.15, -0.1) is 0 Å². The number of pyridine rings is 1. The maximum absolute atomic E-state index is 4.09. The minimum absolute atomic E-state index is 0.399. The molecule has 1 atom stereocenters. The monoisotopic (exact) mass is 218 g/mol. The molecule has 2 rings (SSSR count). The van der Waals surface area contributed by atoms with Gasteiger partial charge in [0.2, 0.25) is 0 Å². The normalized spacial score (nSPS) is 12.6. The fourth-order valence-electron chi connectivity index (χ4n) is 1.41. The van der Waals surface area contributed by atoms with E-state index in [-0.39, 0.29) is 0 Å². The van der Waals surface area contributed by atoms with Crippen LogP contribution in [0.5, 0.6) is 0 Å². The van der Waals surface area contributed by atoms with Crippen molar-refractivity contribution in [3.63, 3.8) is 0 Å². The number of hydrogen-bond acceptors (Lipinski definition) is 3. The average Bonchev–Trinajstić information content (AvgIpc) is 2.81. The molecular formula is C12H14N2S. The minimum atomic E-state index is 0.399. The topological polar surface area (TPSA) is 24.9 Å². The number of nitrogens with one attached hydrogen (secondary N) is 1. The van der Waals surface area contributed by atoms with Crippen LogP contribution in [-0.4, -0.2) is 4.98 Å². The Morgan fingerprint density at radius 2 is 2.40 bits per heavy atom. The molecule has 78 valence electrons. The lowest BCUT2D eigenvalue weighted by atomic mass is 10.2. The van der Waals surface area contributed by atoms with Crippen LogP contribution in [-0.2, 0) is 6.54 Å². The third kappa shape index (κ3) is 2.88. The van der Waals surface area contributed by atoms with Crippen molar-refractivity contribution in [1.82, 2.24) is 10.3 Å². The first-order chi connectivity index (χ1) is 7.36. The first-order valence-corrected chi connectivity index (χ1v) is 5.95. The lowest BCUT2D eigenvalue weighted by Crippen LogP contribution is -2.17. The molecule has 0 spiro atoms. The van der Waals surface area contributed by atoms with Crippen LogP contribution in [0.25, 0.3) is 0 Å². The molecule has 3 heteroatoms. The van der Waals surface area contributed by atoms with Gasteiger partial charge in [-0.25, -0.2) is 0 Å². The summed E-state index contributed by atoms with van der Waals surface area (Å²) in [6.07, 6.45) is 3.69. The summed E-state index contributed by atoms with van der Waals surface area (Å²) in [5, 5.41) is 7.76. The van der Waals surface area contributed by atoms with Gasteiger partial charge in [0.15, 0.2) is 0 Å². The van der Waals surface area contributed by atoms with Gasteiger partial charge in [0.25, 0.3) is 0 Å². The Labute approximate surface area is 94.0 Å². The summed E-state index contributed by atoms with van der Waals surface area (Å²) < 4.78 is 0. The fourth-order valence-corrected chi connectivity index (χ4v) is 2.17. The summed E-state index contributed by atoms with van der Waals surface area (Å²) in [5.74, 6) is 0. The van der Waals surface area contributed by atoms with Crippen molar-refractivity contribution in [1.29, 1.82) is 0 Å². The van der Waals surface area contributed by atoms with Crippen LogP contribution in [0.15, 0.2) is 41.4 Å². The Morgan fingerprint density at radius 1 is 1.47 bits per heavy atom. The number of thiophene rings is 1. The van der Waals surface area contributed by atoms with Crippen molar-refractivity contribution >= 4 is 11.3 Å². The molecule has 1 N–H and O–H groups in total. The highest BCUT2D eigenvalue weighted by atomic mass is 32.1. The number of rotatable bonds is 4. The van der Waals surface area contributed by atoms with E-state index in [2.05, 4.69) is 40.1 Å². The molecule has 0 amide bonds. The fraction of sp³-hybridized carbons (Fsp3) is 0.250. The SMILES string of the molecule is CC(NCc1cccnc1)c1ccsc1. The molecule has 0 bridgehead atoms. The van der Waals surface area contributed by atoms with Gasteiger partial charge in [0, 0.05) is 25.0 Å². The Hall–Kier alpha value is -1.19. The molecule has 1 unspecified atom stereocenters. The second-order valence-electron chi connectivity index (χ2n) is 3.52. The molecule has 2 nitrogen and oxygen atoms in total. The molecule has 0 saturated carbocycles. The second kappa shape index (κ2) is 5.05. The molecule has 2 aromatic heterocycles. The third-order valence-electron chi connectivity index (χ3n) is 2.38. The first-order valence-electron chi connectivity index (χ1n) is 5.00. The maximum atomic E-state index is 4.09. The van der Waals surface area contributed by atoms with Gasteiger partial charge in [-0.05, 0) is 40.9 Å². The predicted molar refractivity (Wildman–Crippen MR) is 63.8 cm³/mol. The summed E-state index contributed by atoms with van der Waals surface area (Å²) in [6, 6.07) is 6.61. The Bertz CT molecular complexity index is 383. The van der Waals surface area contributed by atoms with Crippen LogP contribution in [0.1, 0.15) is 24.1 Å². The molecule has 15 heavy (non-hydrogen) atoms. The standard InChI is InChI=1S/C12H14N2S/c1-10(12-4-6-15-9-12)14-8-11-3-2-5-13-7-11/h2-7,9-10,14H,8H2,1H3. The van der Waals surface area contributed by atoms with Gasteiger partial charge < -0.3 is 5.32 Å². The van der Waals surface area contributed by atoms with Crippen LogP contribution >= 0.6 is 11.3 Å². The van der Waals surface area contributed by atoms with Gasteiger partial charge in [0.05, 0.1) is 0 Å². The Morgan fingerprint density at radius 3 is 3.07 bits per heavy atom. The summed E-state index contributed by atoms with van der Waals surface area (Å²) in [4.78, 5) is 4.09. The zero-order valence-electron chi connectivity index (χ0n) is 8.68. The smallest absolute Gasteiger partial charge is 0.0312 e. The van der Waals surface area contributed by atoms with E-state index in [9.17, 15) is 0 Å². The molecule has 2 aromatic rings. The van der Waals surface area contributed by atoms with Crippen LogP contribution < -0.4 is 5.32 Å². The van der Waals surface area contributed by atoms with E-state index in [4.69, 9.17) is 0 Å². The van der Waals surface area contributed by atoms with Gasteiger partial charge in [-0.1, -0.05) is 6.07 Å². The zero-order chi connectivity index (χ0) is 10.5. The molecular weight excluding hydrogens is 204 g/mol. The minimum Gasteiger partial charge on any atom is -0.306 e. The van der Waals surface area contributed by atoms with E-state index in [1.54, 1.807) is 17.5 Å². The molecule has 0 aliphatic carbocycles. The Kier molecular flexibility index (Phi) is 3.48. The summed E-state index contributed by atoms with van der Waals surface area (Å²) >= 11 is 1.74. The predicted octanol–water partition coefficient (Wildman–Crippen LogP) is 2.99. The summed E-state index contributed by atoms with van der Waals surface area (Å²) in [6.45, 7) is 3.04. The maximum Gasteiger partial charge on any atom is 0.0312 e. The van der Waals surface area contributed by atoms with E-state index in [0.717, 1.165) is 6.54 Å². The molecule has 0 radical (unpaired) electrons. The van der Waals surface area contributed by atoms with Crippen molar-refractivity contribution in [2.24, 2.45) is 0 Å². The average molecular weight is 218 g/mol. The van der Waals surface area contributed by atoms with Crippen LogP contribution in [0, 0.1) is 0 Å². The van der Waals surface area contributed by atoms with Crippen molar-refractivity contribution in [3.05, 3.63) is 52.5 Å². The number of aromatic nitrogens is 1. The van der Waals surface area contributed by atoms with Crippen LogP contribution in [0.4, 0.5) is 0 Å². The number of hydrogen-bond donors (Lipinski definition) is 1. The highest BCUT2D eigenvalue weighted by Gasteiger charge is 2.04. The second-order valence-corrected chi connectivity index (χ2v) is 4.30. The van der Waals surface area contributed by atoms with E-state index < -0.39 is 0 Å². The highest BCUT2D eigenvalue weighted by molar-refractivity contribution is 7.07. The van der Waals surface area contributed by atoms with Crippen LogP contribution in [0.2, 0.25) is 0 Å². The third-order valence-corrected chi connectivity index (χ3v) is 3.08.